The number of amides is 1. The maximum atomic E-state index is 12.2. The molecule has 0 fully saturated rings. The van der Waals surface area contributed by atoms with Gasteiger partial charge in [-0.25, -0.2) is 0 Å². The summed E-state index contributed by atoms with van der Waals surface area (Å²) in [5.41, 5.74) is 3.37. The second-order valence-electron chi connectivity index (χ2n) is 6.23. The van der Waals surface area contributed by atoms with Crippen molar-refractivity contribution in [3.05, 3.63) is 76.1 Å². The minimum atomic E-state index is -0.105. The van der Waals surface area contributed by atoms with Crippen LogP contribution >= 0.6 is 0 Å². The third-order valence-corrected chi connectivity index (χ3v) is 4.22. The van der Waals surface area contributed by atoms with Gasteiger partial charge in [0.1, 0.15) is 0 Å². The Morgan fingerprint density at radius 1 is 1.08 bits per heavy atom. The monoisotopic (exact) mass is 334 g/mol. The van der Waals surface area contributed by atoms with Gasteiger partial charge in [0.15, 0.2) is 0 Å². The first-order valence-electron chi connectivity index (χ1n) is 8.65. The van der Waals surface area contributed by atoms with Crippen LogP contribution < -0.4 is 10.9 Å². The van der Waals surface area contributed by atoms with Crippen LogP contribution in [0.1, 0.15) is 30.9 Å². The Morgan fingerprint density at radius 3 is 2.64 bits per heavy atom. The van der Waals surface area contributed by atoms with Crippen molar-refractivity contribution in [1.29, 1.82) is 0 Å². The molecule has 0 radical (unpaired) electrons. The van der Waals surface area contributed by atoms with E-state index in [1.165, 1.54) is 0 Å². The van der Waals surface area contributed by atoms with E-state index < -0.39 is 0 Å². The summed E-state index contributed by atoms with van der Waals surface area (Å²) in [6.45, 7) is 2.13. The molecule has 0 aliphatic rings. The lowest BCUT2D eigenvalue weighted by molar-refractivity contribution is -0.115. The summed E-state index contributed by atoms with van der Waals surface area (Å²) in [5, 5.41) is 3.94. The summed E-state index contributed by atoms with van der Waals surface area (Å²) in [7, 11) is 0. The van der Waals surface area contributed by atoms with Crippen LogP contribution in [0.2, 0.25) is 0 Å². The molecular formula is C21H22N2O2. The van der Waals surface area contributed by atoms with Crippen LogP contribution in [0.4, 0.5) is 5.69 Å². The molecule has 25 heavy (non-hydrogen) atoms. The first kappa shape index (κ1) is 17.0. The van der Waals surface area contributed by atoms with Crippen LogP contribution in [-0.2, 0) is 17.6 Å². The molecule has 1 heterocycles. The highest BCUT2D eigenvalue weighted by Gasteiger charge is 2.07. The molecule has 4 nitrogen and oxygen atoms in total. The maximum absolute atomic E-state index is 12.2. The number of nitrogens with one attached hydrogen (secondary N) is 2. The molecule has 1 amide bonds. The van der Waals surface area contributed by atoms with E-state index in [2.05, 4.69) is 17.2 Å². The van der Waals surface area contributed by atoms with Gasteiger partial charge in [-0.2, -0.15) is 0 Å². The molecule has 0 atom stereocenters. The molecule has 0 bridgehead atoms. The topological polar surface area (TPSA) is 62.0 Å². The third-order valence-electron chi connectivity index (χ3n) is 4.22. The molecule has 3 aromatic rings. The van der Waals surface area contributed by atoms with E-state index in [1.807, 2.05) is 48.5 Å². The maximum Gasteiger partial charge on any atom is 0.248 e. The van der Waals surface area contributed by atoms with Crippen molar-refractivity contribution in [3.63, 3.8) is 0 Å². The first-order valence-corrected chi connectivity index (χ1v) is 8.65. The highest BCUT2D eigenvalue weighted by molar-refractivity contribution is 5.95. The zero-order valence-corrected chi connectivity index (χ0v) is 14.3. The number of pyridine rings is 1. The van der Waals surface area contributed by atoms with E-state index in [0.717, 1.165) is 41.3 Å². The van der Waals surface area contributed by atoms with Gasteiger partial charge in [-0.15, -0.1) is 0 Å². The van der Waals surface area contributed by atoms with E-state index in [1.54, 1.807) is 6.07 Å². The van der Waals surface area contributed by atoms with Crippen LogP contribution in [0.25, 0.3) is 10.9 Å². The van der Waals surface area contributed by atoms with Crippen molar-refractivity contribution >= 4 is 22.5 Å². The average Bonchev–Trinajstić information content (AvgIpc) is 2.60. The van der Waals surface area contributed by atoms with Crippen molar-refractivity contribution in [2.45, 2.75) is 32.6 Å². The van der Waals surface area contributed by atoms with Crippen molar-refractivity contribution in [2.24, 2.45) is 0 Å². The lowest BCUT2D eigenvalue weighted by atomic mass is 10.0. The van der Waals surface area contributed by atoms with Crippen molar-refractivity contribution < 1.29 is 4.79 Å². The van der Waals surface area contributed by atoms with Gasteiger partial charge in [-0.1, -0.05) is 49.7 Å². The molecule has 0 aliphatic heterocycles. The summed E-state index contributed by atoms with van der Waals surface area (Å²) in [6, 6.07) is 17.0. The number of H-pyrrole nitrogens is 1. The van der Waals surface area contributed by atoms with E-state index >= 15 is 0 Å². The molecule has 4 heteroatoms. The van der Waals surface area contributed by atoms with Gasteiger partial charge in [-0.3, -0.25) is 9.59 Å². The molecule has 128 valence electrons. The number of carbonyl (C=O) groups is 1. The summed E-state index contributed by atoms with van der Waals surface area (Å²) < 4.78 is 0. The second kappa shape index (κ2) is 7.79. The number of fused-ring (bicyclic) bond motifs is 1. The molecule has 0 spiro atoms. The van der Waals surface area contributed by atoms with E-state index in [9.17, 15) is 9.59 Å². The summed E-state index contributed by atoms with van der Waals surface area (Å²) in [5.74, 6) is -0.0740. The van der Waals surface area contributed by atoms with E-state index in [-0.39, 0.29) is 11.5 Å². The van der Waals surface area contributed by atoms with Crippen LogP contribution in [0.15, 0.2) is 59.4 Å². The van der Waals surface area contributed by atoms with Crippen molar-refractivity contribution in [1.82, 2.24) is 4.98 Å². The number of rotatable bonds is 6. The number of aryl methyl sites for hydroxylation is 1. The fraction of sp³-hybridized carbons (Fsp3) is 0.238. The number of anilines is 1. The predicted molar refractivity (Wildman–Crippen MR) is 102 cm³/mol. The highest BCUT2D eigenvalue weighted by Crippen LogP contribution is 2.21. The zero-order chi connectivity index (χ0) is 17.6. The lowest BCUT2D eigenvalue weighted by Crippen LogP contribution is -2.14. The quantitative estimate of drug-likeness (QED) is 0.714. The predicted octanol–water partition coefficient (Wildman–Crippen LogP) is 4.05. The summed E-state index contributed by atoms with van der Waals surface area (Å²) in [6.07, 6.45) is 3.35. The van der Waals surface area contributed by atoms with Gasteiger partial charge < -0.3 is 10.3 Å². The molecule has 3 rings (SSSR count). The van der Waals surface area contributed by atoms with Crippen LogP contribution in [0.3, 0.4) is 0 Å². The fourth-order valence-electron chi connectivity index (χ4n) is 2.97. The fourth-order valence-corrected chi connectivity index (χ4v) is 2.97. The third kappa shape index (κ3) is 4.35. The molecule has 2 aromatic carbocycles. The Balaban J connectivity index is 1.81. The number of hydrogen-bond donors (Lipinski definition) is 2. The molecule has 2 N–H and O–H groups in total. The minimum Gasteiger partial charge on any atom is -0.326 e. The smallest absolute Gasteiger partial charge is 0.248 e. The zero-order valence-electron chi connectivity index (χ0n) is 14.3. The van der Waals surface area contributed by atoms with Gasteiger partial charge >= 0.3 is 0 Å². The van der Waals surface area contributed by atoms with Gasteiger partial charge in [0, 0.05) is 17.1 Å². The van der Waals surface area contributed by atoms with E-state index in [4.69, 9.17) is 0 Å². The largest absolute Gasteiger partial charge is 0.326 e. The molecule has 0 aliphatic carbocycles. The second-order valence-corrected chi connectivity index (χ2v) is 6.23. The van der Waals surface area contributed by atoms with E-state index in [0.29, 0.717) is 12.1 Å². The van der Waals surface area contributed by atoms with Crippen LogP contribution in [0.5, 0.6) is 0 Å². The van der Waals surface area contributed by atoms with Crippen molar-refractivity contribution in [3.8, 4) is 0 Å². The summed E-state index contributed by atoms with van der Waals surface area (Å²) >= 11 is 0. The van der Waals surface area contributed by atoms with Gasteiger partial charge in [0.25, 0.3) is 0 Å². The Bertz CT molecular complexity index is 930. The Morgan fingerprint density at radius 2 is 1.88 bits per heavy atom. The molecule has 0 saturated heterocycles. The molecule has 0 saturated carbocycles. The van der Waals surface area contributed by atoms with Crippen molar-refractivity contribution in [2.75, 3.05) is 5.32 Å². The van der Waals surface area contributed by atoms with Gasteiger partial charge in [0.2, 0.25) is 11.5 Å². The van der Waals surface area contributed by atoms with Gasteiger partial charge in [-0.05, 0) is 36.1 Å². The number of benzene rings is 2. The Labute approximate surface area is 146 Å². The standard InChI is InChI=1S/C21H22N2O2/c1-2-3-9-16-13-21(25)23-19-14-17(10-11-18(16)19)22-20(24)12-15-7-5-4-6-8-15/h4-8,10-11,13-14H,2-3,9,12H2,1H3,(H,22,24)(H,23,25). The SMILES string of the molecule is CCCCc1cc(=O)[nH]c2cc(NC(=O)Cc3ccccc3)ccc12. The highest BCUT2D eigenvalue weighted by atomic mass is 16.1. The number of carbonyl (C=O) groups excluding carboxylic acids is 1. The van der Waals surface area contributed by atoms with Gasteiger partial charge in [0.05, 0.1) is 11.9 Å². The summed E-state index contributed by atoms with van der Waals surface area (Å²) in [4.78, 5) is 27.0. The minimum absolute atomic E-state index is 0.0740. The Kier molecular flexibility index (Phi) is 5.29. The Hall–Kier alpha value is -2.88. The molecular weight excluding hydrogens is 312 g/mol. The number of unbranched alkanes of at least 4 members (excludes halogenated alkanes) is 1. The lowest BCUT2D eigenvalue weighted by Gasteiger charge is -2.09. The number of aromatic nitrogens is 1. The van der Waals surface area contributed by atoms with Crippen LogP contribution in [-0.4, -0.2) is 10.9 Å². The molecule has 1 aromatic heterocycles. The molecule has 0 unspecified atom stereocenters. The van der Waals surface area contributed by atoms with Crippen LogP contribution in [0, 0.1) is 0 Å². The first-order chi connectivity index (χ1) is 12.2. The number of hydrogen-bond acceptors (Lipinski definition) is 2. The normalized spacial score (nSPS) is 10.8. The number of aromatic amines is 1. The average molecular weight is 334 g/mol.